The molecule has 1 N–H and O–H groups in total. The first-order valence-corrected chi connectivity index (χ1v) is 8.96. The van der Waals surface area contributed by atoms with Crippen molar-refractivity contribution in [3.63, 3.8) is 0 Å². The molecule has 0 saturated carbocycles. The Morgan fingerprint density at radius 1 is 1.08 bits per heavy atom. The van der Waals surface area contributed by atoms with E-state index in [0.29, 0.717) is 5.56 Å². The highest BCUT2D eigenvalue weighted by molar-refractivity contribution is 7.15. The van der Waals surface area contributed by atoms with E-state index in [0.717, 1.165) is 26.8 Å². The number of carbonyl (C=O) groups is 3. The molecule has 0 bridgehead atoms. The molecule has 0 aliphatic carbocycles. The van der Waals surface area contributed by atoms with Crippen LogP contribution in [-0.4, -0.2) is 35.8 Å². The lowest BCUT2D eigenvalue weighted by Crippen LogP contribution is -2.34. The minimum Gasteiger partial charge on any atom is -0.452 e. The number of esters is 1. The Labute approximate surface area is 155 Å². The molecule has 0 unspecified atom stereocenters. The Morgan fingerprint density at radius 3 is 2.27 bits per heavy atom. The minimum absolute atomic E-state index is 0.144. The lowest BCUT2D eigenvalue weighted by molar-refractivity contribution is -0.123. The molecule has 0 aliphatic rings. The first kappa shape index (κ1) is 19.7. The molecule has 0 saturated heterocycles. The van der Waals surface area contributed by atoms with Crippen LogP contribution in [0, 0.1) is 27.7 Å². The van der Waals surface area contributed by atoms with E-state index >= 15 is 0 Å². The van der Waals surface area contributed by atoms with Crippen LogP contribution in [0.25, 0.3) is 5.00 Å². The fourth-order valence-corrected chi connectivity index (χ4v) is 3.78. The molecule has 0 atom stereocenters. The number of hydrogen-bond donors (Lipinski definition) is 1. The zero-order chi connectivity index (χ0) is 19.4. The Bertz CT molecular complexity index is 831. The molecule has 0 radical (unpaired) electrons. The fourth-order valence-electron chi connectivity index (χ4n) is 2.52. The van der Waals surface area contributed by atoms with Crippen molar-refractivity contribution in [2.75, 3.05) is 13.2 Å². The summed E-state index contributed by atoms with van der Waals surface area (Å²) in [4.78, 5) is 36.5. The smallest absolute Gasteiger partial charge is 0.413 e. The van der Waals surface area contributed by atoms with Gasteiger partial charge in [0, 0.05) is 16.3 Å². The maximum absolute atomic E-state index is 12.6. The Balaban J connectivity index is 2.19. The molecule has 7 nitrogen and oxygen atoms in total. The van der Waals surface area contributed by atoms with Gasteiger partial charge in [0.1, 0.15) is 5.00 Å². The van der Waals surface area contributed by atoms with Crippen LogP contribution in [0.15, 0.2) is 12.1 Å². The third-order valence-electron chi connectivity index (χ3n) is 3.90. The molecule has 2 amide bonds. The van der Waals surface area contributed by atoms with Gasteiger partial charge in [0.2, 0.25) is 0 Å². The Hall–Kier alpha value is -2.61. The number of hydrogen-bond acceptors (Lipinski definition) is 6. The summed E-state index contributed by atoms with van der Waals surface area (Å²) in [5, 5.41) is 2.75. The third-order valence-corrected chi connectivity index (χ3v) is 5.09. The van der Waals surface area contributed by atoms with Crippen LogP contribution in [0.5, 0.6) is 0 Å². The molecule has 2 heterocycles. The summed E-state index contributed by atoms with van der Waals surface area (Å²) in [5.74, 6) is -1.34. The van der Waals surface area contributed by atoms with Gasteiger partial charge in [0.05, 0.1) is 12.2 Å². The fraction of sp³-hybridized carbons (Fsp3) is 0.389. The predicted molar refractivity (Wildman–Crippen MR) is 98.0 cm³/mol. The summed E-state index contributed by atoms with van der Waals surface area (Å²) in [6.45, 7) is 8.90. The SMILES string of the molecule is CCOC(=O)NC(=O)COC(=O)c1c(-n2c(C)ccc2C)sc(C)c1C. The van der Waals surface area contributed by atoms with Crippen molar-refractivity contribution in [3.05, 3.63) is 39.5 Å². The topological polar surface area (TPSA) is 86.6 Å². The van der Waals surface area contributed by atoms with Gasteiger partial charge in [-0.3, -0.25) is 10.1 Å². The maximum atomic E-state index is 12.6. The third kappa shape index (κ3) is 4.13. The number of aromatic nitrogens is 1. The Morgan fingerprint density at radius 2 is 1.69 bits per heavy atom. The van der Waals surface area contributed by atoms with Gasteiger partial charge in [0.25, 0.3) is 5.91 Å². The molecule has 26 heavy (non-hydrogen) atoms. The summed E-state index contributed by atoms with van der Waals surface area (Å²) in [7, 11) is 0. The number of amides is 2. The molecule has 0 aromatic carbocycles. The van der Waals surface area contributed by atoms with Gasteiger partial charge in [-0.15, -0.1) is 11.3 Å². The summed E-state index contributed by atoms with van der Waals surface area (Å²) in [6.07, 6.45) is -0.865. The van der Waals surface area contributed by atoms with E-state index in [9.17, 15) is 14.4 Å². The van der Waals surface area contributed by atoms with Gasteiger partial charge >= 0.3 is 12.1 Å². The van der Waals surface area contributed by atoms with Crippen LogP contribution >= 0.6 is 11.3 Å². The molecule has 2 aromatic heterocycles. The minimum atomic E-state index is -0.865. The van der Waals surface area contributed by atoms with E-state index in [1.807, 2.05) is 49.7 Å². The first-order valence-electron chi connectivity index (χ1n) is 8.15. The van der Waals surface area contributed by atoms with Crippen molar-refractivity contribution in [1.29, 1.82) is 0 Å². The molecule has 140 valence electrons. The van der Waals surface area contributed by atoms with E-state index in [4.69, 9.17) is 4.74 Å². The highest BCUT2D eigenvalue weighted by Gasteiger charge is 2.24. The van der Waals surface area contributed by atoms with E-state index in [-0.39, 0.29) is 6.61 Å². The number of thiophene rings is 1. The van der Waals surface area contributed by atoms with Crippen molar-refractivity contribution in [2.45, 2.75) is 34.6 Å². The summed E-state index contributed by atoms with van der Waals surface area (Å²) in [6, 6.07) is 3.95. The lowest BCUT2D eigenvalue weighted by atomic mass is 10.1. The summed E-state index contributed by atoms with van der Waals surface area (Å²) < 4.78 is 11.7. The van der Waals surface area contributed by atoms with E-state index in [2.05, 4.69) is 4.74 Å². The van der Waals surface area contributed by atoms with E-state index in [1.165, 1.54) is 11.3 Å². The second kappa shape index (κ2) is 8.18. The molecule has 2 aromatic rings. The zero-order valence-electron chi connectivity index (χ0n) is 15.5. The predicted octanol–water partition coefficient (Wildman–Crippen LogP) is 3.20. The van der Waals surface area contributed by atoms with E-state index in [1.54, 1.807) is 6.92 Å². The molecule has 0 fully saturated rings. The monoisotopic (exact) mass is 378 g/mol. The van der Waals surface area contributed by atoms with Crippen molar-refractivity contribution < 1.29 is 23.9 Å². The number of nitrogens with one attached hydrogen (secondary N) is 1. The van der Waals surface area contributed by atoms with Crippen LogP contribution in [0.1, 0.15) is 39.1 Å². The summed E-state index contributed by atoms with van der Waals surface area (Å²) >= 11 is 1.49. The second-order valence-corrected chi connectivity index (χ2v) is 6.96. The average molecular weight is 378 g/mol. The molecule has 8 heteroatoms. The van der Waals surface area contributed by atoms with Crippen LogP contribution in [-0.2, 0) is 14.3 Å². The zero-order valence-corrected chi connectivity index (χ0v) is 16.3. The Kier molecular flexibility index (Phi) is 6.20. The number of carbonyl (C=O) groups excluding carboxylic acids is 3. The number of ether oxygens (including phenoxy) is 2. The van der Waals surface area contributed by atoms with Crippen LogP contribution < -0.4 is 5.32 Å². The molecule has 0 spiro atoms. The molecule has 0 aliphatic heterocycles. The quantitative estimate of drug-likeness (QED) is 0.808. The number of rotatable bonds is 5. The van der Waals surface area contributed by atoms with Crippen molar-refractivity contribution >= 4 is 29.3 Å². The molecular weight excluding hydrogens is 356 g/mol. The van der Waals surface area contributed by atoms with Crippen molar-refractivity contribution in [2.24, 2.45) is 0 Å². The lowest BCUT2D eigenvalue weighted by Gasteiger charge is -2.11. The van der Waals surface area contributed by atoms with Crippen molar-refractivity contribution in [1.82, 2.24) is 9.88 Å². The largest absolute Gasteiger partial charge is 0.452 e. The number of imide groups is 1. The average Bonchev–Trinajstić information content (AvgIpc) is 3.04. The second-order valence-electron chi connectivity index (χ2n) is 5.76. The van der Waals surface area contributed by atoms with Crippen LogP contribution in [0.3, 0.4) is 0 Å². The van der Waals surface area contributed by atoms with Gasteiger partial charge < -0.3 is 14.0 Å². The van der Waals surface area contributed by atoms with E-state index < -0.39 is 24.6 Å². The van der Waals surface area contributed by atoms with Crippen molar-refractivity contribution in [3.8, 4) is 5.00 Å². The summed E-state index contributed by atoms with van der Waals surface area (Å²) in [5.41, 5.74) is 3.24. The van der Waals surface area contributed by atoms with Gasteiger partial charge in [-0.25, -0.2) is 9.59 Å². The standard InChI is InChI=1S/C18H22N2O5S/c1-6-24-18(23)19-14(21)9-25-17(22)15-12(4)13(5)26-16(15)20-10(2)7-8-11(20)3/h7-8H,6,9H2,1-5H3,(H,19,21,23). The van der Waals surface area contributed by atoms with Crippen LogP contribution in [0.4, 0.5) is 4.79 Å². The van der Waals surface area contributed by atoms with Gasteiger partial charge in [-0.05, 0) is 52.3 Å². The van der Waals surface area contributed by atoms with Crippen LogP contribution in [0.2, 0.25) is 0 Å². The number of nitrogens with zero attached hydrogens (tertiary/aromatic N) is 1. The normalized spacial score (nSPS) is 10.5. The van der Waals surface area contributed by atoms with Gasteiger partial charge in [-0.1, -0.05) is 0 Å². The number of alkyl carbamates (subject to hydrolysis) is 1. The highest BCUT2D eigenvalue weighted by atomic mass is 32.1. The molecular formula is C18H22N2O5S. The number of aryl methyl sites for hydroxylation is 3. The first-order chi connectivity index (χ1) is 12.3. The highest BCUT2D eigenvalue weighted by Crippen LogP contribution is 2.33. The van der Waals surface area contributed by atoms with Gasteiger partial charge in [-0.2, -0.15) is 0 Å². The maximum Gasteiger partial charge on any atom is 0.413 e. The molecule has 2 rings (SSSR count). The van der Waals surface area contributed by atoms with Gasteiger partial charge in [0.15, 0.2) is 6.61 Å².